The molecule has 0 heterocycles. The number of carboxylic acid groups (broad SMARTS) is 1. The predicted octanol–water partition coefficient (Wildman–Crippen LogP) is 2.17. The number of carbonyl (C=O) groups excluding carboxylic acids is 1. The van der Waals surface area contributed by atoms with Gasteiger partial charge in [0.25, 0.3) is 0 Å². The van der Waals surface area contributed by atoms with Crippen LogP contribution in [0.5, 0.6) is 0 Å². The highest BCUT2D eigenvalue weighted by Gasteiger charge is 2.15. The van der Waals surface area contributed by atoms with Crippen molar-refractivity contribution in [3.05, 3.63) is 34.9 Å². The minimum absolute atomic E-state index is 0.260. The van der Waals surface area contributed by atoms with Crippen LogP contribution in [0.25, 0.3) is 0 Å². The van der Waals surface area contributed by atoms with E-state index in [1.54, 1.807) is 25.1 Å². The first-order valence-corrected chi connectivity index (χ1v) is 5.83. The standard InChI is InChI=1S/C12H15ClN2O3/c1-7(9-4-3-5-10(13)6-9)14-12(18)15-8(2)11(16)17/h3-8H,1-2H3,(H,16,17)(H2,14,15,18)/t7?,8-/m1/s1. The normalized spacial score (nSPS) is 13.5. The number of aliphatic carboxylic acids is 1. The zero-order valence-corrected chi connectivity index (χ0v) is 10.9. The van der Waals surface area contributed by atoms with Crippen LogP contribution < -0.4 is 10.6 Å². The lowest BCUT2D eigenvalue weighted by molar-refractivity contribution is -0.138. The van der Waals surface area contributed by atoms with Gasteiger partial charge in [-0.25, -0.2) is 4.79 Å². The Bertz CT molecular complexity index is 451. The molecule has 5 nitrogen and oxygen atoms in total. The molecular formula is C12H15ClN2O3. The van der Waals surface area contributed by atoms with Crippen LogP contribution in [0.2, 0.25) is 5.02 Å². The van der Waals surface area contributed by atoms with Crippen LogP contribution in [0.15, 0.2) is 24.3 Å². The molecule has 0 radical (unpaired) electrons. The number of halogens is 1. The Labute approximate surface area is 110 Å². The quantitative estimate of drug-likeness (QED) is 0.785. The molecule has 1 aromatic carbocycles. The van der Waals surface area contributed by atoms with Gasteiger partial charge in [0, 0.05) is 5.02 Å². The van der Waals surface area contributed by atoms with Crippen LogP contribution in [-0.2, 0) is 4.79 Å². The third kappa shape index (κ3) is 4.25. The van der Waals surface area contributed by atoms with E-state index in [1.165, 1.54) is 6.92 Å². The number of urea groups is 1. The summed E-state index contributed by atoms with van der Waals surface area (Å²) >= 11 is 5.85. The Balaban J connectivity index is 2.57. The third-order valence-electron chi connectivity index (χ3n) is 2.41. The summed E-state index contributed by atoms with van der Waals surface area (Å²) < 4.78 is 0. The fourth-order valence-corrected chi connectivity index (χ4v) is 1.55. The molecule has 18 heavy (non-hydrogen) atoms. The highest BCUT2D eigenvalue weighted by atomic mass is 35.5. The van der Waals surface area contributed by atoms with Crippen LogP contribution in [0.3, 0.4) is 0 Å². The minimum atomic E-state index is -1.08. The van der Waals surface area contributed by atoms with Crippen molar-refractivity contribution in [3.8, 4) is 0 Å². The van der Waals surface area contributed by atoms with E-state index in [1.807, 2.05) is 6.07 Å². The highest BCUT2D eigenvalue weighted by Crippen LogP contribution is 2.17. The molecule has 98 valence electrons. The van der Waals surface area contributed by atoms with E-state index < -0.39 is 18.0 Å². The zero-order chi connectivity index (χ0) is 13.7. The van der Waals surface area contributed by atoms with E-state index in [0.717, 1.165) is 5.56 Å². The number of hydrogen-bond acceptors (Lipinski definition) is 2. The average Bonchev–Trinajstić information content (AvgIpc) is 2.28. The monoisotopic (exact) mass is 270 g/mol. The fourth-order valence-electron chi connectivity index (χ4n) is 1.36. The molecule has 2 amide bonds. The third-order valence-corrected chi connectivity index (χ3v) is 2.65. The second kappa shape index (κ2) is 6.26. The van der Waals surface area contributed by atoms with E-state index in [9.17, 15) is 9.59 Å². The van der Waals surface area contributed by atoms with Gasteiger partial charge in [-0.05, 0) is 31.5 Å². The van der Waals surface area contributed by atoms with Crippen LogP contribution in [0.4, 0.5) is 4.79 Å². The summed E-state index contributed by atoms with van der Waals surface area (Å²) in [7, 11) is 0. The van der Waals surface area contributed by atoms with E-state index in [0.29, 0.717) is 5.02 Å². The Morgan fingerprint density at radius 1 is 1.28 bits per heavy atom. The number of nitrogens with one attached hydrogen (secondary N) is 2. The van der Waals surface area contributed by atoms with E-state index in [-0.39, 0.29) is 6.04 Å². The maximum Gasteiger partial charge on any atom is 0.325 e. The van der Waals surface area contributed by atoms with Gasteiger partial charge in [-0.3, -0.25) is 4.79 Å². The Morgan fingerprint density at radius 2 is 1.94 bits per heavy atom. The first kappa shape index (κ1) is 14.3. The fraction of sp³-hybridized carbons (Fsp3) is 0.333. The number of hydrogen-bond donors (Lipinski definition) is 3. The minimum Gasteiger partial charge on any atom is -0.480 e. The maximum absolute atomic E-state index is 11.5. The number of rotatable bonds is 4. The van der Waals surface area contributed by atoms with Gasteiger partial charge < -0.3 is 15.7 Å². The molecule has 0 saturated heterocycles. The molecule has 0 fully saturated rings. The van der Waals surface area contributed by atoms with Crippen LogP contribution >= 0.6 is 11.6 Å². The van der Waals surface area contributed by atoms with Crippen molar-refractivity contribution in [2.45, 2.75) is 25.9 Å². The molecule has 0 aliphatic carbocycles. The van der Waals surface area contributed by atoms with Crippen molar-refractivity contribution in [3.63, 3.8) is 0 Å². The number of amides is 2. The van der Waals surface area contributed by atoms with Crippen LogP contribution in [0, 0.1) is 0 Å². The molecule has 0 saturated carbocycles. The summed E-state index contributed by atoms with van der Waals surface area (Å²) in [6, 6.07) is 5.38. The Morgan fingerprint density at radius 3 is 2.50 bits per heavy atom. The van der Waals surface area contributed by atoms with Gasteiger partial charge in [-0.2, -0.15) is 0 Å². The van der Waals surface area contributed by atoms with Gasteiger partial charge >= 0.3 is 12.0 Å². The SMILES string of the molecule is CC(NC(=O)N[C@H](C)C(=O)O)c1cccc(Cl)c1. The molecule has 2 atom stereocenters. The van der Waals surface area contributed by atoms with Crippen molar-refractivity contribution < 1.29 is 14.7 Å². The second-order valence-electron chi connectivity index (χ2n) is 3.95. The summed E-state index contributed by atoms with van der Waals surface area (Å²) in [6.07, 6.45) is 0. The highest BCUT2D eigenvalue weighted by molar-refractivity contribution is 6.30. The van der Waals surface area contributed by atoms with Crippen molar-refractivity contribution in [2.75, 3.05) is 0 Å². The number of benzene rings is 1. The van der Waals surface area contributed by atoms with Gasteiger partial charge in [-0.15, -0.1) is 0 Å². The van der Waals surface area contributed by atoms with Crippen LogP contribution in [0.1, 0.15) is 25.5 Å². The Hall–Kier alpha value is -1.75. The van der Waals surface area contributed by atoms with Gasteiger partial charge in [0.15, 0.2) is 0 Å². The van der Waals surface area contributed by atoms with Gasteiger partial charge in [0.1, 0.15) is 6.04 Å². The number of carboxylic acids is 1. The predicted molar refractivity (Wildman–Crippen MR) is 68.6 cm³/mol. The van der Waals surface area contributed by atoms with Crippen molar-refractivity contribution >= 4 is 23.6 Å². The molecule has 0 aliphatic rings. The molecule has 0 aliphatic heterocycles. The lowest BCUT2D eigenvalue weighted by Crippen LogP contribution is -2.45. The largest absolute Gasteiger partial charge is 0.480 e. The lowest BCUT2D eigenvalue weighted by atomic mass is 10.1. The first-order valence-electron chi connectivity index (χ1n) is 5.45. The van der Waals surface area contributed by atoms with Gasteiger partial charge in [-0.1, -0.05) is 23.7 Å². The molecule has 1 unspecified atom stereocenters. The topological polar surface area (TPSA) is 78.4 Å². The Kier molecular flexibility index (Phi) is 4.97. The molecule has 0 spiro atoms. The zero-order valence-electron chi connectivity index (χ0n) is 10.1. The molecule has 3 N–H and O–H groups in total. The summed E-state index contributed by atoms with van der Waals surface area (Å²) in [5.74, 6) is -1.08. The average molecular weight is 271 g/mol. The van der Waals surface area contributed by atoms with E-state index in [2.05, 4.69) is 10.6 Å². The summed E-state index contributed by atoms with van der Waals surface area (Å²) in [6.45, 7) is 3.18. The molecule has 0 bridgehead atoms. The molecule has 0 aromatic heterocycles. The molecule has 1 rings (SSSR count). The van der Waals surface area contributed by atoms with Crippen molar-refractivity contribution in [2.24, 2.45) is 0 Å². The molecular weight excluding hydrogens is 256 g/mol. The number of carbonyl (C=O) groups is 2. The van der Waals surface area contributed by atoms with E-state index in [4.69, 9.17) is 16.7 Å². The summed E-state index contributed by atoms with van der Waals surface area (Å²) in [5.41, 5.74) is 0.848. The maximum atomic E-state index is 11.5. The molecule has 6 heteroatoms. The van der Waals surface area contributed by atoms with Crippen LogP contribution in [-0.4, -0.2) is 23.1 Å². The molecule has 1 aromatic rings. The van der Waals surface area contributed by atoms with E-state index >= 15 is 0 Å². The second-order valence-corrected chi connectivity index (χ2v) is 4.39. The lowest BCUT2D eigenvalue weighted by Gasteiger charge is -2.16. The summed E-state index contributed by atoms with van der Waals surface area (Å²) in [4.78, 5) is 22.1. The van der Waals surface area contributed by atoms with Gasteiger partial charge in [0.05, 0.1) is 6.04 Å². The van der Waals surface area contributed by atoms with Gasteiger partial charge in [0.2, 0.25) is 0 Å². The van der Waals surface area contributed by atoms with Crippen molar-refractivity contribution in [1.82, 2.24) is 10.6 Å². The smallest absolute Gasteiger partial charge is 0.325 e. The van der Waals surface area contributed by atoms with Crippen molar-refractivity contribution in [1.29, 1.82) is 0 Å². The first-order chi connectivity index (χ1) is 8.40. The summed E-state index contributed by atoms with van der Waals surface area (Å²) in [5, 5.41) is 14.2.